The van der Waals surface area contributed by atoms with Gasteiger partial charge < -0.3 is 4.90 Å². The van der Waals surface area contributed by atoms with Gasteiger partial charge in [-0.15, -0.1) is 0 Å². The quantitative estimate of drug-likeness (QED) is 0.723. The third-order valence-corrected chi connectivity index (χ3v) is 5.78. The molecular formula is C18H20Cl2N2O3S. The first-order chi connectivity index (χ1) is 12.1. The van der Waals surface area contributed by atoms with Crippen LogP contribution >= 0.6 is 23.2 Å². The average Bonchev–Trinajstić information content (AvgIpc) is 2.56. The zero-order valence-corrected chi connectivity index (χ0v) is 17.1. The van der Waals surface area contributed by atoms with E-state index in [1.54, 1.807) is 19.2 Å². The molecule has 0 spiro atoms. The SMILES string of the molecule is Cc1ccc(CN(C)C(=O)CN(c2cccc(Cl)c2Cl)S(C)(=O)=O)cc1. The predicted octanol–water partition coefficient (Wildman–Crippen LogP) is 3.73. The van der Waals surface area contributed by atoms with Crippen LogP contribution in [0.4, 0.5) is 5.69 Å². The molecule has 0 N–H and O–H groups in total. The van der Waals surface area contributed by atoms with E-state index in [0.29, 0.717) is 6.54 Å². The van der Waals surface area contributed by atoms with Gasteiger partial charge in [0.1, 0.15) is 6.54 Å². The van der Waals surface area contributed by atoms with Gasteiger partial charge in [-0.3, -0.25) is 9.10 Å². The Morgan fingerprint density at radius 3 is 2.27 bits per heavy atom. The molecule has 2 aromatic rings. The lowest BCUT2D eigenvalue weighted by Gasteiger charge is -2.26. The number of benzene rings is 2. The van der Waals surface area contributed by atoms with Crippen molar-refractivity contribution in [2.24, 2.45) is 0 Å². The van der Waals surface area contributed by atoms with Crippen molar-refractivity contribution >= 4 is 44.8 Å². The number of carbonyl (C=O) groups is 1. The molecule has 2 aromatic carbocycles. The highest BCUT2D eigenvalue weighted by atomic mass is 35.5. The van der Waals surface area contributed by atoms with E-state index < -0.39 is 10.0 Å². The van der Waals surface area contributed by atoms with Crippen molar-refractivity contribution in [1.82, 2.24) is 4.90 Å². The number of aryl methyl sites for hydroxylation is 1. The van der Waals surface area contributed by atoms with Crippen LogP contribution in [-0.2, 0) is 21.4 Å². The van der Waals surface area contributed by atoms with Crippen LogP contribution in [-0.4, -0.2) is 39.1 Å². The summed E-state index contributed by atoms with van der Waals surface area (Å²) in [5.74, 6) is -0.355. The fourth-order valence-electron chi connectivity index (χ4n) is 2.37. The Hall–Kier alpha value is -1.76. The molecule has 0 bridgehead atoms. The Bertz CT molecular complexity index is 899. The minimum Gasteiger partial charge on any atom is -0.340 e. The zero-order valence-electron chi connectivity index (χ0n) is 14.7. The third kappa shape index (κ3) is 5.13. The van der Waals surface area contributed by atoms with Gasteiger partial charge in [0.2, 0.25) is 15.9 Å². The highest BCUT2D eigenvalue weighted by Crippen LogP contribution is 2.33. The van der Waals surface area contributed by atoms with E-state index in [-0.39, 0.29) is 28.2 Å². The van der Waals surface area contributed by atoms with Gasteiger partial charge in [0.15, 0.2) is 0 Å². The number of sulfonamides is 1. The molecular weight excluding hydrogens is 395 g/mol. The van der Waals surface area contributed by atoms with Gasteiger partial charge >= 0.3 is 0 Å². The first-order valence-corrected chi connectivity index (χ1v) is 10.4. The Balaban J connectivity index is 2.21. The average molecular weight is 415 g/mol. The van der Waals surface area contributed by atoms with E-state index in [4.69, 9.17) is 23.2 Å². The monoisotopic (exact) mass is 414 g/mol. The molecule has 0 unspecified atom stereocenters. The topological polar surface area (TPSA) is 57.7 Å². The molecule has 0 fully saturated rings. The van der Waals surface area contributed by atoms with E-state index in [2.05, 4.69) is 0 Å². The molecule has 1 amide bonds. The number of amides is 1. The second kappa shape index (κ2) is 8.29. The molecule has 2 rings (SSSR count). The fourth-order valence-corrected chi connectivity index (χ4v) is 3.67. The number of hydrogen-bond acceptors (Lipinski definition) is 3. The molecule has 0 saturated heterocycles. The normalized spacial score (nSPS) is 11.3. The number of nitrogens with zero attached hydrogens (tertiary/aromatic N) is 2. The first-order valence-electron chi connectivity index (χ1n) is 7.81. The van der Waals surface area contributed by atoms with Crippen LogP contribution in [0.1, 0.15) is 11.1 Å². The molecule has 5 nitrogen and oxygen atoms in total. The van der Waals surface area contributed by atoms with E-state index >= 15 is 0 Å². The van der Waals surface area contributed by atoms with Gasteiger partial charge in [0, 0.05) is 13.6 Å². The molecule has 26 heavy (non-hydrogen) atoms. The lowest BCUT2D eigenvalue weighted by atomic mass is 10.1. The summed E-state index contributed by atoms with van der Waals surface area (Å²) in [6.07, 6.45) is 1.03. The van der Waals surface area contributed by atoms with Gasteiger partial charge in [-0.1, -0.05) is 59.1 Å². The Morgan fingerprint density at radius 1 is 1.08 bits per heavy atom. The number of likely N-dealkylation sites (N-methyl/N-ethyl adjacent to an activating group) is 1. The van der Waals surface area contributed by atoms with Gasteiger partial charge in [0.05, 0.1) is 22.0 Å². The van der Waals surface area contributed by atoms with Crippen LogP contribution in [0, 0.1) is 6.92 Å². The minimum absolute atomic E-state index is 0.0913. The Labute approximate surface area is 164 Å². The number of anilines is 1. The lowest BCUT2D eigenvalue weighted by molar-refractivity contribution is -0.128. The lowest BCUT2D eigenvalue weighted by Crippen LogP contribution is -2.41. The summed E-state index contributed by atoms with van der Waals surface area (Å²) in [5, 5.41) is 0.312. The van der Waals surface area contributed by atoms with Gasteiger partial charge in [0.25, 0.3) is 0 Å². The van der Waals surface area contributed by atoms with Crippen LogP contribution in [0.2, 0.25) is 10.0 Å². The van der Waals surface area contributed by atoms with E-state index in [9.17, 15) is 13.2 Å². The molecule has 0 radical (unpaired) electrons. The second-order valence-corrected chi connectivity index (χ2v) is 8.77. The van der Waals surface area contributed by atoms with Crippen LogP contribution in [0.15, 0.2) is 42.5 Å². The van der Waals surface area contributed by atoms with E-state index in [1.165, 1.54) is 11.0 Å². The van der Waals surface area contributed by atoms with Crippen LogP contribution in [0.5, 0.6) is 0 Å². The first kappa shape index (κ1) is 20.6. The van der Waals surface area contributed by atoms with E-state index in [0.717, 1.165) is 21.7 Å². The van der Waals surface area contributed by atoms with Crippen molar-refractivity contribution in [3.63, 3.8) is 0 Å². The molecule has 8 heteroatoms. The summed E-state index contributed by atoms with van der Waals surface area (Å²) in [5.41, 5.74) is 2.26. The largest absolute Gasteiger partial charge is 0.340 e. The van der Waals surface area contributed by atoms with Crippen LogP contribution in [0.25, 0.3) is 0 Å². The molecule has 0 aliphatic rings. The molecule has 0 heterocycles. The van der Waals surface area contributed by atoms with Crippen molar-refractivity contribution in [2.75, 3.05) is 24.2 Å². The van der Waals surface area contributed by atoms with Crippen molar-refractivity contribution in [2.45, 2.75) is 13.5 Å². The summed E-state index contributed by atoms with van der Waals surface area (Å²) >= 11 is 12.1. The van der Waals surface area contributed by atoms with Crippen LogP contribution < -0.4 is 4.31 Å². The fraction of sp³-hybridized carbons (Fsp3) is 0.278. The number of rotatable bonds is 6. The maximum absolute atomic E-state index is 12.6. The summed E-state index contributed by atoms with van der Waals surface area (Å²) in [4.78, 5) is 14.1. The molecule has 0 saturated carbocycles. The number of hydrogen-bond donors (Lipinski definition) is 0. The summed E-state index contributed by atoms with van der Waals surface area (Å²) in [7, 11) is -2.09. The van der Waals surface area contributed by atoms with Gasteiger partial charge in [-0.2, -0.15) is 0 Å². The minimum atomic E-state index is -3.72. The molecule has 0 aromatic heterocycles. The maximum atomic E-state index is 12.6. The zero-order chi connectivity index (χ0) is 19.5. The highest BCUT2D eigenvalue weighted by Gasteiger charge is 2.25. The summed E-state index contributed by atoms with van der Waals surface area (Å²) in [6.45, 7) is 2.00. The number of carbonyl (C=O) groups excluding carboxylic acids is 1. The number of halogens is 2. The maximum Gasteiger partial charge on any atom is 0.243 e. The highest BCUT2D eigenvalue weighted by molar-refractivity contribution is 7.92. The van der Waals surface area contributed by atoms with Crippen molar-refractivity contribution in [3.05, 3.63) is 63.6 Å². The molecule has 0 aliphatic carbocycles. The van der Waals surface area contributed by atoms with Crippen molar-refractivity contribution in [3.8, 4) is 0 Å². The molecule has 0 aliphatic heterocycles. The summed E-state index contributed by atoms with van der Waals surface area (Å²) in [6, 6.07) is 12.4. The smallest absolute Gasteiger partial charge is 0.243 e. The summed E-state index contributed by atoms with van der Waals surface area (Å²) < 4.78 is 25.4. The Morgan fingerprint density at radius 2 is 1.69 bits per heavy atom. The third-order valence-electron chi connectivity index (χ3n) is 3.85. The molecule has 140 valence electrons. The van der Waals surface area contributed by atoms with Gasteiger partial charge in [-0.25, -0.2) is 8.42 Å². The predicted molar refractivity (Wildman–Crippen MR) is 106 cm³/mol. The van der Waals surface area contributed by atoms with Crippen molar-refractivity contribution < 1.29 is 13.2 Å². The van der Waals surface area contributed by atoms with Crippen LogP contribution in [0.3, 0.4) is 0 Å². The second-order valence-electron chi connectivity index (χ2n) is 6.08. The van der Waals surface area contributed by atoms with E-state index in [1.807, 2.05) is 31.2 Å². The Kier molecular flexibility index (Phi) is 6.55. The van der Waals surface area contributed by atoms with Crippen molar-refractivity contribution in [1.29, 1.82) is 0 Å². The molecule has 0 atom stereocenters. The standard InChI is InChI=1S/C18H20Cl2N2O3S/c1-13-7-9-14(10-8-13)11-21(2)17(23)12-22(26(3,24)25)16-6-4-5-15(19)18(16)20/h4-10H,11-12H2,1-3H3. The van der Waals surface area contributed by atoms with Gasteiger partial charge in [-0.05, 0) is 24.6 Å².